The first kappa shape index (κ1) is 13.6. The lowest BCUT2D eigenvalue weighted by Crippen LogP contribution is -2.40. The van der Waals surface area contributed by atoms with Crippen molar-refractivity contribution in [3.8, 4) is 0 Å². The molecule has 0 radical (unpaired) electrons. The molecular weight excluding hydrogens is 222 g/mol. The summed E-state index contributed by atoms with van der Waals surface area (Å²) in [5.74, 6) is 1.63. The van der Waals surface area contributed by atoms with Gasteiger partial charge in [0, 0.05) is 23.8 Å². The molecule has 1 aromatic heterocycles. The minimum Gasteiger partial charge on any atom is -0.310 e. The van der Waals surface area contributed by atoms with E-state index in [1.807, 2.05) is 0 Å². The lowest BCUT2D eigenvalue weighted by molar-refractivity contribution is 0.204. The minimum atomic E-state index is 0.687. The van der Waals surface area contributed by atoms with Crippen molar-refractivity contribution in [2.45, 2.75) is 66.0 Å². The van der Waals surface area contributed by atoms with Gasteiger partial charge in [-0.05, 0) is 38.5 Å². The van der Waals surface area contributed by atoms with Crippen LogP contribution in [0.25, 0.3) is 0 Å². The van der Waals surface area contributed by atoms with E-state index in [2.05, 4.69) is 43.2 Å². The maximum Gasteiger partial charge on any atom is 0.0638 e. The van der Waals surface area contributed by atoms with Gasteiger partial charge < -0.3 is 5.32 Å². The standard InChI is InChI=1S/C15H27N3/c1-10(2)13-7-5-6-8-15(13)16-9-14-11(3)17-18-12(14)4/h10,13,15-16H,5-9H2,1-4H3,(H,17,18). The van der Waals surface area contributed by atoms with Gasteiger partial charge in [-0.3, -0.25) is 5.10 Å². The van der Waals surface area contributed by atoms with Crippen molar-refractivity contribution in [1.82, 2.24) is 15.5 Å². The molecule has 0 bridgehead atoms. The molecule has 0 amide bonds. The molecule has 102 valence electrons. The first-order valence-corrected chi connectivity index (χ1v) is 7.33. The van der Waals surface area contributed by atoms with Crippen molar-refractivity contribution in [3.05, 3.63) is 17.0 Å². The number of H-pyrrole nitrogens is 1. The quantitative estimate of drug-likeness (QED) is 0.859. The van der Waals surface area contributed by atoms with Crippen LogP contribution in [0.5, 0.6) is 0 Å². The van der Waals surface area contributed by atoms with Gasteiger partial charge in [-0.15, -0.1) is 0 Å². The van der Waals surface area contributed by atoms with E-state index in [0.717, 1.165) is 24.1 Å². The number of aromatic nitrogens is 2. The first-order valence-electron chi connectivity index (χ1n) is 7.33. The zero-order valence-electron chi connectivity index (χ0n) is 12.2. The molecule has 2 unspecified atom stereocenters. The van der Waals surface area contributed by atoms with Crippen LogP contribution in [0.2, 0.25) is 0 Å². The lowest BCUT2D eigenvalue weighted by Gasteiger charge is -2.35. The van der Waals surface area contributed by atoms with Crippen LogP contribution in [0.3, 0.4) is 0 Å². The highest BCUT2D eigenvalue weighted by Crippen LogP contribution is 2.30. The molecule has 18 heavy (non-hydrogen) atoms. The molecule has 0 saturated heterocycles. The Morgan fingerprint density at radius 2 is 2.00 bits per heavy atom. The second-order valence-corrected chi connectivity index (χ2v) is 6.09. The predicted octanol–water partition coefficient (Wildman–Crippen LogP) is 3.33. The van der Waals surface area contributed by atoms with Crippen molar-refractivity contribution in [1.29, 1.82) is 0 Å². The molecular formula is C15H27N3. The maximum atomic E-state index is 4.27. The molecule has 1 saturated carbocycles. The van der Waals surface area contributed by atoms with Gasteiger partial charge in [-0.2, -0.15) is 5.10 Å². The summed E-state index contributed by atoms with van der Waals surface area (Å²) in [6, 6.07) is 0.687. The van der Waals surface area contributed by atoms with Crippen LogP contribution in [0.15, 0.2) is 0 Å². The third kappa shape index (κ3) is 2.94. The molecule has 3 nitrogen and oxygen atoms in total. The van der Waals surface area contributed by atoms with Gasteiger partial charge in [-0.1, -0.05) is 26.7 Å². The number of aryl methyl sites for hydroxylation is 2. The lowest BCUT2D eigenvalue weighted by atomic mass is 9.78. The molecule has 3 heteroatoms. The number of aromatic amines is 1. The molecule has 1 heterocycles. The van der Waals surface area contributed by atoms with E-state index in [4.69, 9.17) is 0 Å². The monoisotopic (exact) mass is 249 g/mol. The average molecular weight is 249 g/mol. The van der Waals surface area contributed by atoms with Gasteiger partial charge in [0.2, 0.25) is 0 Å². The van der Waals surface area contributed by atoms with Crippen molar-refractivity contribution in [2.24, 2.45) is 11.8 Å². The molecule has 2 N–H and O–H groups in total. The Morgan fingerprint density at radius 3 is 2.61 bits per heavy atom. The minimum absolute atomic E-state index is 0.687. The van der Waals surface area contributed by atoms with Crippen molar-refractivity contribution >= 4 is 0 Å². The summed E-state index contributed by atoms with van der Waals surface area (Å²) in [5.41, 5.74) is 3.69. The fraction of sp³-hybridized carbons (Fsp3) is 0.800. The average Bonchev–Trinajstić information content (AvgIpc) is 2.67. The van der Waals surface area contributed by atoms with Gasteiger partial charge in [0.15, 0.2) is 0 Å². The Hall–Kier alpha value is -0.830. The summed E-state index contributed by atoms with van der Waals surface area (Å²) in [5, 5.41) is 11.1. The Labute approximate surface area is 111 Å². The second kappa shape index (κ2) is 5.87. The smallest absolute Gasteiger partial charge is 0.0638 e. The number of rotatable bonds is 4. The normalized spacial score (nSPS) is 24.7. The Kier molecular flexibility index (Phi) is 4.44. The topological polar surface area (TPSA) is 40.7 Å². The summed E-state index contributed by atoms with van der Waals surface area (Å²) in [7, 11) is 0. The van der Waals surface area contributed by atoms with Gasteiger partial charge in [-0.25, -0.2) is 0 Å². The first-order chi connectivity index (χ1) is 8.59. The molecule has 0 aromatic carbocycles. The van der Waals surface area contributed by atoms with Gasteiger partial charge >= 0.3 is 0 Å². The predicted molar refractivity (Wildman–Crippen MR) is 75.5 cm³/mol. The number of hydrogen-bond donors (Lipinski definition) is 2. The summed E-state index contributed by atoms with van der Waals surface area (Å²) in [4.78, 5) is 0. The van der Waals surface area contributed by atoms with Crippen LogP contribution >= 0.6 is 0 Å². The third-order valence-electron chi connectivity index (χ3n) is 4.50. The molecule has 1 aliphatic carbocycles. The van der Waals surface area contributed by atoms with Crippen molar-refractivity contribution < 1.29 is 0 Å². The molecule has 2 rings (SSSR count). The van der Waals surface area contributed by atoms with E-state index in [-0.39, 0.29) is 0 Å². The van der Waals surface area contributed by atoms with Crippen molar-refractivity contribution in [2.75, 3.05) is 0 Å². The van der Waals surface area contributed by atoms with E-state index in [1.54, 1.807) is 0 Å². The van der Waals surface area contributed by atoms with E-state index >= 15 is 0 Å². The highest BCUT2D eigenvalue weighted by atomic mass is 15.1. The molecule has 2 atom stereocenters. The number of nitrogens with one attached hydrogen (secondary N) is 2. The fourth-order valence-electron chi connectivity index (χ4n) is 3.28. The van der Waals surface area contributed by atoms with E-state index < -0.39 is 0 Å². The fourth-order valence-corrected chi connectivity index (χ4v) is 3.28. The Balaban J connectivity index is 1.96. The van der Waals surface area contributed by atoms with Crippen LogP contribution in [0.1, 0.15) is 56.5 Å². The van der Waals surface area contributed by atoms with Crippen LogP contribution in [0.4, 0.5) is 0 Å². The third-order valence-corrected chi connectivity index (χ3v) is 4.50. The van der Waals surface area contributed by atoms with Gasteiger partial charge in [0.1, 0.15) is 0 Å². The summed E-state index contributed by atoms with van der Waals surface area (Å²) < 4.78 is 0. The molecule has 0 spiro atoms. The highest BCUT2D eigenvalue weighted by Gasteiger charge is 2.27. The van der Waals surface area contributed by atoms with Crippen LogP contribution in [-0.2, 0) is 6.54 Å². The molecule has 1 aromatic rings. The van der Waals surface area contributed by atoms with Gasteiger partial charge in [0.05, 0.1) is 5.69 Å². The summed E-state index contributed by atoms with van der Waals surface area (Å²) in [6.45, 7) is 9.87. The zero-order valence-corrected chi connectivity index (χ0v) is 12.2. The highest BCUT2D eigenvalue weighted by molar-refractivity contribution is 5.22. The summed E-state index contributed by atoms with van der Waals surface area (Å²) >= 11 is 0. The number of nitrogens with zero attached hydrogens (tertiary/aromatic N) is 1. The largest absolute Gasteiger partial charge is 0.310 e. The Morgan fingerprint density at radius 1 is 1.28 bits per heavy atom. The van der Waals surface area contributed by atoms with E-state index in [0.29, 0.717) is 6.04 Å². The van der Waals surface area contributed by atoms with Gasteiger partial charge in [0.25, 0.3) is 0 Å². The van der Waals surface area contributed by atoms with Crippen LogP contribution in [-0.4, -0.2) is 16.2 Å². The Bertz CT molecular complexity index is 362. The summed E-state index contributed by atoms with van der Waals surface area (Å²) in [6.07, 6.45) is 5.51. The maximum absolute atomic E-state index is 4.27. The van der Waals surface area contributed by atoms with E-state index in [9.17, 15) is 0 Å². The molecule has 1 aliphatic rings. The van der Waals surface area contributed by atoms with E-state index in [1.165, 1.54) is 36.9 Å². The molecule has 0 aliphatic heterocycles. The number of hydrogen-bond acceptors (Lipinski definition) is 2. The molecule has 1 fully saturated rings. The second-order valence-electron chi connectivity index (χ2n) is 6.09. The van der Waals surface area contributed by atoms with Crippen LogP contribution < -0.4 is 5.32 Å². The van der Waals surface area contributed by atoms with Crippen molar-refractivity contribution in [3.63, 3.8) is 0 Å². The van der Waals surface area contributed by atoms with Crippen LogP contribution in [0, 0.1) is 25.7 Å². The SMILES string of the molecule is Cc1n[nH]c(C)c1CNC1CCCCC1C(C)C. The zero-order chi connectivity index (χ0) is 13.1.